The average Bonchev–Trinajstić information content (AvgIpc) is 2.17. The van der Waals surface area contributed by atoms with E-state index in [9.17, 15) is 9.59 Å². The number of carboxylic acids is 1. The molecule has 0 bridgehead atoms. The molecular weight excluding hydrogens is 182 g/mol. The van der Waals surface area contributed by atoms with Crippen molar-refractivity contribution in [2.45, 2.75) is 25.3 Å². The molecule has 1 saturated heterocycles. The molecule has 0 aromatic heterocycles. The number of carboxylic acid groups (broad SMARTS) is 1. The third kappa shape index (κ3) is 1.52. The van der Waals surface area contributed by atoms with Gasteiger partial charge in [0.1, 0.15) is 6.04 Å². The monoisotopic (exact) mass is 195 g/mol. The van der Waals surface area contributed by atoms with Crippen LogP contribution in [-0.4, -0.2) is 23.0 Å². The molecule has 1 heterocycles. The van der Waals surface area contributed by atoms with Gasteiger partial charge in [-0.15, -0.1) is 0 Å². The number of aliphatic carboxylic acids is 1. The summed E-state index contributed by atoms with van der Waals surface area (Å²) >= 11 is 0. The summed E-state index contributed by atoms with van der Waals surface area (Å²) in [6.45, 7) is 0. The van der Waals surface area contributed by atoms with E-state index in [0.717, 1.165) is 12.8 Å². The number of rotatable bonds is 1. The number of carbonyl (C=O) groups is 2. The van der Waals surface area contributed by atoms with Crippen LogP contribution in [-0.2, 0) is 9.59 Å². The highest BCUT2D eigenvalue weighted by Crippen LogP contribution is 2.32. The fourth-order valence-electron chi connectivity index (χ4n) is 2.25. The Morgan fingerprint density at radius 3 is 3.07 bits per heavy atom. The Bertz CT molecular complexity index is 298. The van der Waals surface area contributed by atoms with Crippen molar-refractivity contribution in [1.29, 1.82) is 0 Å². The van der Waals surface area contributed by atoms with Crippen LogP contribution in [0, 0.1) is 11.8 Å². The molecule has 2 aliphatic rings. The van der Waals surface area contributed by atoms with Crippen molar-refractivity contribution in [3.8, 4) is 0 Å². The van der Waals surface area contributed by atoms with Crippen molar-refractivity contribution in [3.63, 3.8) is 0 Å². The van der Waals surface area contributed by atoms with Gasteiger partial charge >= 0.3 is 5.97 Å². The zero-order valence-corrected chi connectivity index (χ0v) is 7.77. The first-order chi connectivity index (χ1) is 6.68. The molecule has 1 fully saturated rings. The molecule has 2 rings (SSSR count). The molecule has 0 saturated carbocycles. The van der Waals surface area contributed by atoms with Gasteiger partial charge < -0.3 is 10.4 Å². The molecular formula is C10H13NO3. The van der Waals surface area contributed by atoms with Crippen molar-refractivity contribution in [2.24, 2.45) is 11.8 Å². The van der Waals surface area contributed by atoms with Crippen LogP contribution in [0.15, 0.2) is 12.2 Å². The summed E-state index contributed by atoms with van der Waals surface area (Å²) in [5.41, 5.74) is 0. The van der Waals surface area contributed by atoms with Crippen LogP contribution in [0.25, 0.3) is 0 Å². The number of hydrogen-bond donors (Lipinski definition) is 2. The van der Waals surface area contributed by atoms with Crippen molar-refractivity contribution in [3.05, 3.63) is 12.2 Å². The molecule has 0 spiro atoms. The number of carbonyl (C=O) groups excluding carboxylic acids is 1. The fourth-order valence-corrected chi connectivity index (χ4v) is 2.25. The molecule has 0 aromatic carbocycles. The van der Waals surface area contributed by atoms with E-state index in [1.807, 2.05) is 12.2 Å². The topological polar surface area (TPSA) is 66.4 Å². The van der Waals surface area contributed by atoms with Crippen LogP contribution >= 0.6 is 0 Å². The molecule has 0 radical (unpaired) electrons. The number of nitrogens with one attached hydrogen (secondary N) is 1. The molecule has 14 heavy (non-hydrogen) atoms. The zero-order valence-electron chi connectivity index (χ0n) is 7.77. The molecule has 2 N–H and O–H groups in total. The summed E-state index contributed by atoms with van der Waals surface area (Å²) in [6, 6.07) is -0.685. The van der Waals surface area contributed by atoms with Crippen molar-refractivity contribution in [2.75, 3.05) is 0 Å². The first-order valence-corrected chi connectivity index (χ1v) is 4.88. The SMILES string of the molecule is O=C(O)C1CC2CCC=CC2C(=O)N1. The Hall–Kier alpha value is -1.32. The summed E-state index contributed by atoms with van der Waals surface area (Å²) in [5.74, 6) is -0.940. The fraction of sp³-hybridized carbons (Fsp3) is 0.600. The maximum absolute atomic E-state index is 11.5. The number of hydrogen-bond acceptors (Lipinski definition) is 2. The minimum absolute atomic E-state index is 0.0978. The molecule has 1 amide bonds. The van der Waals surface area contributed by atoms with Gasteiger partial charge in [0.15, 0.2) is 0 Å². The van der Waals surface area contributed by atoms with E-state index in [0.29, 0.717) is 6.42 Å². The van der Waals surface area contributed by atoms with Gasteiger partial charge in [0, 0.05) is 0 Å². The van der Waals surface area contributed by atoms with Gasteiger partial charge in [0.25, 0.3) is 0 Å². The lowest BCUT2D eigenvalue weighted by Crippen LogP contribution is -2.51. The van der Waals surface area contributed by atoms with E-state index in [1.165, 1.54) is 0 Å². The number of piperidine rings is 1. The standard InChI is InChI=1S/C10H13NO3/c12-9-7-4-2-1-3-6(7)5-8(11-9)10(13)14/h2,4,6-8H,1,3,5H2,(H,11,12)(H,13,14). The van der Waals surface area contributed by atoms with Crippen molar-refractivity contribution < 1.29 is 14.7 Å². The predicted octanol–water partition coefficient (Wildman–Crippen LogP) is 0.542. The van der Waals surface area contributed by atoms with E-state index >= 15 is 0 Å². The van der Waals surface area contributed by atoms with E-state index < -0.39 is 12.0 Å². The van der Waals surface area contributed by atoms with E-state index in [1.54, 1.807) is 0 Å². The van der Waals surface area contributed by atoms with E-state index in [4.69, 9.17) is 5.11 Å². The number of allylic oxidation sites excluding steroid dienone is 1. The lowest BCUT2D eigenvalue weighted by molar-refractivity contribution is -0.145. The second-order valence-corrected chi connectivity index (χ2v) is 3.93. The summed E-state index contributed by atoms with van der Waals surface area (Å²) in [7, 11) is 0. The van der Waals surface area contributed by atoms with Crippen molar-refractivity contribution in [1.82, 2.24) is 5.32 Å². The summed E-state index contributed by atoms with van der Waals surface area (Å²) in [4.78, 5) is 22.3. The largest absolute Gasteiger partial charge is 0.480 e. The van der Waals surface area contributed by atoms with Gasteiger partial charge in [0.05, 0.1) is 5.92 Å². The van der Waals surface area contributed by atoms with E-state index in [-0.39, 0.29) is 17.7 Å². The molecule has 3 unspecified atom stereocenters. The van der Waals surface area contributed by atoms with Gasteiger partial charge in [-0.25, -0.2) is 4.79 Å². The Labute approximate surface area is 82.0 Å². The maximum atomic E-state index is 11.5. The molecule has 4 nitrogen and oxygen atoms in total. The van der Waals surface area contributed by atoms with Gasteiger partial charge in [-0.2, -0.15) is 0 Å². The van der Waals surface area contributed by atoms with Crippen LogP contribution in [0.1, 0.15) is 19.3 Å². The highest BCUT2D eigenvalue weighted by molar-refractivity contribution is 5.87. The minimum Gasteiger partial charge on any atom is -0.480 e. The average molecular weight is 195 g/mol. The van der Waals surface area contributed by atoms with E-state index in [2.05, 4.69) is 5.32 Å². The van der Waals surface area contributed by atoms with Crippen LogP contribution in [0.3, 0.4) is 0 Å². The summed E-state index contributed by atoms with van der Waals surface area (Å²) in [5, 5.41) is 11.3. The third-order valence-corrected chi connectivity index (χ3v) is 3.01. The highest BCUT2D eigenvalue weighted by atomic mass is 16.4. The molecule has 3 atom stereocenters. The van der Waals surface area contributed by atoms with Gasteiger partial charge in [-0.3, -0.25) is 4.79 Å². The van der Waals surface area contributed by atoms with Crippen LogP contribution in [0.2, 0.25) is 0 Å². The zero-order chi connectivity index (χ0) is 10.1. The Morgan fingerprint density at radius 2 is 2.36 bits per heavy atom. The maximum Gasteiger partial charge on any atom is 0.326 e. The molecule has 4 heteroatoms. The van der Waals surface area contributed by atoms with Crippen LogP contribution in [0.5, 0.6) is 0 Å². The smallest absolute Gasteiger partial charge is 0.326 e. The molecule has 1 aliphatic carbocycles. The first kappa shape index (κ1) is 9.24. The molecule has 1 aliphatic heterocycles. The molecule has 0 aromatic rings. The molecule has 76 valence electrons. The second-order valence-electron chi connectivity index (χ2n) is 3.93. The quantitative estimate of drug-likeness (QED) is 0.600. The first-order valence-electron chi connectivity index (χ1n) is 4.88. The Balaban J connectivity index is 2.14. The predicted molar refractivity (Wildman–Crippen MR) is 49.5 cm³/mol. The summed E-state index contributed by atoms with van der Waals surface area (Å²) < 4.78 is 0. The Kier molecular flexibility index (Phi) is 2.27. The highest BCUT2D eigenvalue weighted by Gasteiger charge is 2.38. The second kappa shape index (κ2) is 3.44. The lowest BCUT2D eigenvalue weighted by atomic mass is 9.77. The number of amides is 1. The van der Waals surface area contributed by atoms with Crippen LogP contribution < -0.4 is 5.32 Å². The summed E-state index contributed by atoms with van der Waals surface area (Å²) in [6.07, 6.45) is 6.36. The number of fused-ring (bicyclic) bond motifs is 1. The normalized spacial score (nSPS) is 36.0. The van der Waals surface area contributed by atoms with Crippen molar-refractivity contribution >= 4 is 11.9 Å². The minimum atomic E-state index is -0.925. The van der Waals surface area contributed by atoms with Gasteiger partial charge in [-0.1, -0.05) is 12.2 Å². The van der Waals surface area contributed by atoms with Crippen LogP contribution in [0.4, 0.5) is 0 Å². The van der Waals surface area contributed by atoms with Gasteiger partial charge in [-0.05, 0) is 25.2 Å². The van der Waals surface area contributed by atoms with Gasteiger partial charge in [0.2, 0.25) is 5.91 Å². The lowest BCUT2D eigenvalue weighted by Gasteiger charge is -2.34. The Morgan fingerprint density at radius 1 is 1.57 bits per heavy atom. The third-order valence-electron chi connectivity index (χ3n) is 3.01.